The Kier molecular flexibility index (Phi) is 5.21. The molecule has 24 heavy (non-hydrogen) atoms. The zero-order valence-corrected chi connectivity index (χ0v) is 14.7. The largest absolute Gasteiger partial charge is 0.381 e. The molecule has 1 aliphatic heterocycles. The lowest BCUT2D eigenvalue weighted by atomic mass is 9.82. The van der Waals surface area contributed by atoms with Crippen molar-refractivity contribution in [2.45, 2.75) is 69.4 Å². The molecule has 1 aromatic rings. The van der Waals surface area contributed by atoms with Crippen molar-refractivity contribution < 1.29 is 9.47 Å². The molecule has 1 heterocycles. The number of hydrogen-bond acceptors (Lipinski definition) is 3. The van der Waals surface area contributed by atoms with Gasteiger partial charge in [-0.2, -0.15) is 0 Å². The van der Waals surface area contributed by atoms with Gasteiger partial charge in [-0.1, -0.05) is 18.2 Å². The van der Waals surface area contributed by atoms with Gasteiger partial charge in [-0.3, -0.25) is 0 Å². The van der Waals surface area contributed by atoms with Gasteiger partial charge in [0.05, 0.1) is 12.7 Å². The summed E-state index contributed by atoms with van der Waals surface area (Å²) in [5.74, 6) is 1.38. The van der Waals surface area contributed by atoms with Gasteiger partial charge in [0.15, 0.2) is 0 Å². The predicted octanol–water partition coefficient (Wildman–Crippen LogP) is 3.58. The first-order valence-electron chi connectivity index (χ1n) is 9.84. The number of rotatable bonds is 4. The standard InChI is InChI=1S/C21H31NO2/c22-20-6-5-19(13-20)18-4-3-16-11-15(1-2-17(16)12-18)14-24-21-7-9-23-10-8-21/h3-4,12,15,19-21H,1-2,5-11,13-14,22H2. The zero-order valence-electron chi connectivity index (χ0n) is 14.7. The molecule has 2 fully saturated rings. The van der Waals surface area contributed by atoms with Gasteiger partial charge < -0.3 is 15.2 Å². The minimum atomic E-state index is 0.415. The van der Waals surface area contributed by atoms with Crippen molar-refractivity contribution in [3.05, 3.63) is 34.9 Å². The molecule has 3 aliphatic rings. The van der Waals surface area contributed by atoms with Crippen LogP contribution < -0.4 is 5.73 Å². The molecule has 3 heteroatoms. The van der Waals surface area contributed by atoms with E-state index in [0.717, 1.165) is 32.7 Å². The summed E-state index contributed by atoms with van der Waals surface area (Å²) in [5, 5.41) is 0. The fraction of sp³-hybridized carbons (Fsp3) is 0.714. The van der Waals surface area contributed by atoms with E-state index in [9.17, 15) is 0 Å². The smallest absolute Gasteiger partial charge is 0.0619 e. The van der Waals surface area contributed by atoms with Gasteiger partial charge in [-0.05, 0) is 79.9 Å². The summed E-state index contributed by atoms with van der Waals surface area (Å²) in [6.45, 7) is 2.65. The van der Waals surface area contributed by atoms with Crippen LogP contribution in [-0.2, 0) is 22.3 Å². The summed E-state index contributed by atoms with van der Waals surface area (Å²) in [6, 6.07) is 7.64. The second kappa shape index (κ2) is 7.55. The second-order valence-electron chi connectivity index (χ2n) is 8.05. The van der Waals surface area contributed by atoms with Crippen LogP contribution in [0.3, 0.4) is 0 Å². The van der Waals surface area contributed by atoms with E-state index >= 15 is 0 Å². The monoisotopic (exact) mass is 329 g/mol. The van der Waals surface area contributed by atoms with Crippen LogP contribution in [0.4, 0.5) is 0 Å². The molecule has 132 valence electrons. The molecule has 3 atom stereocenters. The lowest BCUT2D eigenvalue weighted by Crippen LogP contribution is -2.27. The molecule has 4 rings (SSSR count). The van der Waals surface area contributed by atoms with Crippen LogP contribution in [0.15, 0.2) is 18.2 Å². The summed E-state index contributed by atoms with van der Waals surface area (Å²) >= 11 is 0. The van der Waals surface area contributed by atoms with Crippen molar-refractivity contribution in [3.8, 4) is 0 Å². The first-order valence-corrected chi connectivity index (χ1v) is 9.84. The minimum absolute atomic E-state index is 0.415. The zero-order chi connectivity index (χ0) is 16.4. The van der Waals surface area contributed by atoms with Crippen molar-refractivity contribution >= 4 is 0 Å². The highest BCUT2D eigenvalue weighted by Crippen LogP contribution is 2.36. The van der Waals surface area contributed by atoms with Crippen molar-refractivity contribution in [2.75, 3.05) is 19.8 Å². The molecule has 2 N–H and O–H groups in total. The van der Waals surface area contributed by atoms with Gasteiger partial charge >= 0.3 is 0 Å². The predicted molar refractivity (Wildman–Crippen MR) is 96.3 cm³/mol. The Morgan fingerprint density at radius 1 is 1.04 bits per heavy atom. The first-order chi connectivity index (χ1) is 11.8. The van der Waals surface area contributed by atoms with E-state index in [1.165, 1.54) is 44.1 Å². The third-order valence-electron chi connectivity index (χ3n) is 6.24. The molecule has 0 spiro atoms. The summed E-state index contributed by atoms with van der Waals surface area (Å²) < 4.78 is 11.6. The maximum absolute atomic E-state index is 6.16. The van der Waals surface area contributed by atoms with Crippen LogP contribution in [-0.4, -0.2) is 32.0 Å². The first kappa shape index (κ1) is 16.6. The molecule has 2 aliphatic carbocycles. The van der Waals surface area contributed by atoms with E-state index in [4.69, 9.17) is 15.2 Å². The minimum Gasteiger partial charge on any atom is -0.381 e. The van der Waals surface area contributed by atoms with Crippen LogP contribution in [0.1, 0.15) is 61.1 Å². The summed E-state index contributed by atoms with van der Waals surface area (Å²) in [7, 11) is 0. The van der Waals surface area contributed by atoms with Crippen molar-refractivity contribution in [1.82, 2.24) is 0 Å². The molecule has 0 radical (unpaired) electrons. The fourth-order valence-corrected chi connectivity index (χ4v) is 4.68. The number of fused-ring (bicyclic) bond motifs is 1. The number of ether oxygens (including phenoxy) is 2. The Labute approximate surface area is 145 Å². The molecule has 3 nitrogen and oxygen atoms in total. The van der Waals surface area contributed by atoms with Gasteiger partial charge in [0, 0.05) is 19.3 Å². The van der Waals surface area contributed by atoms with Gasteiger partial charge in [0.1, 0.15) is 0 Å². The van der Waals surface area contributed by atoms with Crippen LogP contribution in [0.2, 0.25) is 0 Å². The van der Waals surface area contributed by atoms with E-state index in [2.05, 4.69) is 18.2 Å². The highest BCUT2D eigenvalue weighted by molar-refractivity contribution is 5.36. The lowest BCUT2D eigenvalue weighted by Gasteiger charge is -2.29. The Bertz CT molecular complexity index is 553. The normalized spacial score (nSPS) is 31.1. The average Bonchev–Trinajstić information content (AvgIpc) is 3.07. The molecule has 1 saturated heterocycles. The number of aryl methyl sites for hydroxylation is 1. The maximum atomic E-state index is 6.16. The topological polar surface area (TPSA) is 44.5 Å². The van der Waals surface area contributed by atoms with Crippen LogP contribution in [0.25, 0.3) is 0 Å². The molecule has 1 aromatic carbocycles. The van der Waals surface area contributed by atoms with E-state index in [-0.39, 0.29) is 0 Å². The van der Waals surface area contributed by atoms with Crippen molar-refractivity contribution in [1.29, 1.82) is 0 Å². The summed E-state index contributed by atoms with van der Waals surface area (Å²) in [5.41, 5.74) is 10.7. The van der Waals surface area contributed by atoms with Crippen LogP contribution in [0.5, 0.6) is 0 Å². The molecule has 3 unspecified atom stereocenters. The SMILES string of the molecule is NC1CCC(c2ccc3c(c2)CCC(COC2CCOCC2)C3)C1. The summed E-state index contributed by atoms with van der Waals surface area (Å²) in [4.78, 5) is 0. The third-order valence-corrected chi connectivity index (χ3v) is 6.24. The summed E-state index contributed by atoms with van der Waals surface area (Å²) in [6.07, 6.45) is 9.84. The molecule has 0 aromatic heterocycles. The molecular formula is C21H31NO2. The van der Waals surface area contributed by atoms with E-state index in [0.29, 0.717) is 24.0 Å². The highest BCUT2D eigenvalue weighted by Gasteiger charge is 2.26. The Balaban J connectivity index is 1.33. The Morgan fingerprint density at radius 2 is 1.92 bits per heavy atom. The molecule has 1 saturated carbocycles. The van der Waals surface area contributed by atoms with Crippen LogP contribution in [0, 0.1) is 5.92 Å². The Morgan fingerprint density at radius 3 is 2.71 bits per heavy atom. The van der Waals surface area contributed by atoms with E-state index in [1.807, 2.05) is 0 Å². The third kappa shape index (κ3) is 3.84. The second-order valence-corrected chi connectivity index (χ2v) is 8.05. The quantitative estimate of drug-likeness (QED) is 0.918. The van der Waals surface area contributed by atoms with Crippen molar-refractivity contribution in [3.63, 3.8) is 0 Å². The highest BCUT2D eigenvalue weighted by atomic mass is 16.5. The Hall–Kier alpha value is -0.900. The average molecular weight is 329 g/mol. The van der Waals surface area contributed by atoms with Crippen molar-refractivity contribution in [2.24, 2.45) is 11.7 Å². The van der Waals surface area contributed by atoms with Gasteiger partial charge in [0.25, 0.3) is 0 Å². The van der Waals surface area contributed by atoms with E-state index in [1.54, 1.807) is 11.1 Å². The number of benzene rings is 1. The fourth-order valence-electron chi connectivity index (χ4n) is 4.68. The van der Waals surface area contributed by atoms with Gasteiger partial charge in [-0.25, -0.2) is 0 Å². The number of hydrogen-bond donors (Lipinski definition) is 1. The molecule has 0 amide bonds. The molecular weight excluding hydrogens is 298 g/mol. The van der Waals surface area contributed by atoms with Gasteiger partial charge in [0.2, 0.25) is 0 Å². The number of nitrogens with two attached hydrogens (primary N) is 1. The van der Waals surface area contributed by atoms with E-state index < -0.39 is 0 Å². The van der Waals surface area contributed by atoms with Gasteiger partial charge in [-0.15, -0.1) is 0 Å². The molecule has 0 bridgehead atoms. The maximum Gasteiger partial charge on any atom is 0.0619 e. The lowest BCUT2D eigenvalue weighted by molar-refractivity contribution is -0.0439. The van der Waals surface area contributed by atoms with Crippen LogP contribution >= 0.6 is 0 Å².